The summed E-state index contributed by atoms with van der Waals surface area (Å²) in [6.45, 7) is 5.46. The fourth-order valence-corrected chi connectivity index (χ4v) is 3.48. The SMILES string of the molecule is CCCCCCCCCCCCC1=[N+](CC(=O)O)CCN1C(C)O. The van der Waals surface area contributed by atoms with Crippen LogP contribution in [0.3, 0.4) is 0 Å². The smallest absolute Gasteiger partial charge is 0.345 e. The molecule has 1 aliphatic heterocycles. The van der Waals surface area contributed by atoms with Gasteiger partial charge >= 0.3 is 5.97 Å². The number of amidine groups is 1. The molecule has 0 spiro atoms. The molecule has 0 saturated carbocycles. The lowest BCUT2D eigenvalue weighted by atomic mass is 10.1. The molecule has 0 bridgehead atoms. The zero-order valence-electron chi connectivity index (χ0n) is 15.7. The normalized spacial score (nSPS) is 16.0. The molecule has 5 nitrogen and oxygen atoms in total. The molecule has 0 aliphatic carbocycles. The van der Waals surface area contributed by atoms with Gasteiger partial charge in [0.05, 0.1) is 0 Å². The van der Waals surface area contributed by atoms with Crippen molar-refractivity contribution in [2.75, 3.05) is 19.6 Å². The molecule has 1 unspecified atom stereocenters. The Kier molecular flexibility index (Phi) is 10.7. The highest BCUT2D eigenvalue weighted by atomic mass is 16.4. The summed E-state index contributed by atoms with van der Waals surface area (Å²) in [7, 11) is 0. The third-order valence-electron chi connectivity index (χ3n) is 4.84. The number of hydrogen-bond donors (Lipinski definition) is 2. The van der Waals surface area contributed by atoms with E-state index in [1.165, 1.54) is 57.8 Å². The monoisotopic (exact) mass is 341 g/mol. The summed E-state index contributed by atoms with van der Waals surface area (Å²) in [5.74, 6) is 0.204. The van der Waals surface area contributed by atoms with E-state index in [0.29, 0.717) is 6.54 Å². The zero-order valence-corrected chi connectivity index (χ0v) is 15.7. The molecule has 0 aromatic rings. The van der Waals surface area contributed by atoms with Crippen molar-refractivity contribution in [2.24, 2.45) is 0 Å². The van der Waals surface area contributed by atoms with Crippen LogP contribution in [0.2, 0.25) is 0 Å². The summed E-state index contributed by atoms with van der Waals surface area (Å²) >= 11 is 0. The number of hydrogen-bond acceptors (Lipinski definition) is 3. The first kappa shape index (κ1) is 20.9. The Morgan fingerprint density at radius 3 is 2.12 bits per heavy atom. The maximum absolute atomic E-state index is 11.0. The Bertz CT molecular complexity index is 394. The molecule has 0 amide bonds. The first-order valence-electron chi connectivity index (χ1n) is 9.83. The first-order valence-corrected chi connectivity index (χ1v) is 9.83. The van der Waals surface area contributed by atoms with E-state index in [9.17, 15) is 9.90 Å². The highest BCUT2D eigenvalue weighted by molar-refractivity contribution is 5.80. The molecular formula is C19H37N2O3+. The van der Waals surface area contributed by atoms with Crippen LogP contribution in [-0.2, 0) is 4.79 Å². The number of aliphatic hydroxyl groups is 1. The van der Waals surface area contributed by atoms with Crippen molar-refractivity contribution in [3.05, 3.63) is 0 Å². The van der Waals surface area contributed by atoms with Crippen LogP contribution < -0.4 is 0 Å². The van der Waals surface area contributed by atoms with Gasteiger partial charge in [-0.15, -0.1) is 0 Å². The number of nitrogens with zero attached hydrogens (tertiary/aromatic N) is 2. The van der Waals surface area contributed by atoms with E-state index in [1.807, 2.05) is 9.48 Å². The molecule has 5 heteroatoms. The Morgan fingerprint density at radius 2 is 1.62 bits per heavy atom. The molecular weight excluding hydrogens is 304 g/mol. The summed E-state index contributed by atoms with van der Waals surface area (Å²) in [6.07, 6.45) is 13.3. The molecule has 140 valence electrons. The van der Waals surface area contributed by atoms with E-state index in [0.717, 1.165) is 25.2 Å². The van der Waals surface area contributed by atoms with Gasteiger partial charge in [0.25, 0.3) is 0 Å². The average Bonchev–Trinajstić information content (AvgIpc) is 2.91. The van der Waals surface area contributed by atoms with Crippen molar-refractivity contribution in [1.29, 1.82) is 0 Å². The van der Waals surface area contributed by atoms with Crippen LogP contribution in [0.4, 0.5) is 0 Å². The van der Waals surface area contributed by atoms with E-state index in [1.54, 1.807) is 6.92 Å². The van der Waals surface area contributed by atoms with Crippen molar-refractivity contribution in [1.82, 2.24) is 4.90 Å². The molecule has 0 fully saturated rings. The highest BCUT2D eigenvalue weighted by Crippen LogP contribution is 2.15. The summed E-state index contributed by atoms with van der Waals surface area (Å²) in [4.78, 5) is 12.9. The summed E-state index contributed by atoms with van der Waals surface area (Å²) in [5.41, 5.74) is 0. The Labute approximate surface area is 147 Å². The maximum atomic E-state index is 11.0. The standard InChI is InChI=1S/C19H36N2O3/c1-3-4-5-6-7-8-9-10-11-12-13-18-20(16-19(23)24)14-15-21(18)17(2)22/h17,22H,3-16H2,1-2H3/p+1. The maximum Gasteiger partial charge on any atom is 0.345 e. The van der Waals surface area contributed by atoms with Crippen LogP contribution in [0.25, 0.3) is 0 Å². The third kappa shape index (κ3) is 8.13. The molecule has 1 heterocycles. The van der Waals surface area contributed by atoms with Gasteiger partial charge in [-0.25, -0.2) is 9.69 Å². The molecule has 0 radical (unpaired) electrons. The Hall–Kier alpha value is -1.10. The predicted molar refractivity (Wildman–Crippen MR) is 97.5 cm³/mol. The molecule has 1 aliphatic rings. The number of aliphatic carboxylic acids is 1. The van der Waals surface area contributed by atoms with Gasteiger partial charge in [0, 0.05) is 13.3 Å². The largest absolute Gasteiger partial charge is 0.478 e. The van der Waals surface area contributed by atoms with Crippen LogP contribution in [0.1, 0.15) is 84.5 Å². The van der Waals surface area contributed by atoms with Gasteiger partial charge in [0.2, 0.25) is 5.84 Å². The molecule has 0 aromatic heterocycles. The molecule has 1 rings (SSSR count). The van der Waals surface area contributed by atoms with Gasteiger partial charge in [0.1, 0.15) is 13.1 Å². The minimum absolute atomic E-state index is 0.0380. The van der Waals surface area contributed by atoms with E-state index < -0.39 is 12.2 Å². The minimum Gasteiger partial charge on any atom is -0.478 e. The van der Waals surface area contributed by atoms with Crippen molar-refractivity contribution < 1.29 is 19.6 Å². The van der Waals surface area contributed by atoms with Crippen LogP contribution in [0.15, 0.2) is 0 Å². The predicted octanol–water partition coefficient (Wildman–Crippen LogP) is 3.45. The number of carbonyl (C=O) groups is 1. The molecule has 0 saturated heterocycles. The second kappa shape index (κ2) is 12.3. The lowest BCUT2D eigenvalue weighted by molar-refractivity contribution is -0.509. The average molecular weight is 342 g/mol. The molecule has 24 heavy (non-hydrogen) atoms. The van der Waals surface area contributed by atoms with Crippen molar-refractivity contribution >= 4 is 11.8 Å². The number of carboxylic acids is 1. The number of unbranched alkanes of at least 4 members (excludes halogenated alkanes) is 9. The van der Waals surface area contributed by atoms with Crippen molar-refractivity contribution in [3.8, 4) is 0 Å². The summed E-state index contributed by atoms with van der Waals surface area (Å²) in [5, 5.41) is 18.9. The van der Waals surface area contributed by atoms with Crippen LogP contribution >= 0.6 is 0 Å². The summed E-state index contributed by atoms with van der Waals surface area (Å²) in [6, 6.07) is 0. The van der Waals surface area contributed by atoms with Gasteiger partial charge in [-0.1, -0.05) is 64.7 Å². The third-order valence-corrected chi connectivity index (χ3v) is 4.84. The Morgan fingerprint density at radius 1 is 1.08 bits per heavy atom. The van der Waals surface area contributed by atoms with Gasteiger partial charge in [0.15, 0.2) is 12.8 Å². The van der Waals surface area contributed by atoms with Gasteiger partial charge in [-0.05, 0) is 6.42 Å². The van der Waals surface area contributed by atoms with E-state index >= 15 is 0 Å². The number of rotatable bonds is 14. The van der Waals surface area contributed by atoms with Gasteiger partial charge < -0.3 is 10.2 Å². The second-order valence-electron chi connectivity index (χ2n) is 6.99. The second-order valence-corrected chi connectivity index (χ2v) is 6.99. The Balaban J connectivity index is 2.22. The van der Waals surface area contributed by atoms with Crippen LogP contribution in [-0.4, -0.2) is 57.4 Å². The van der Waals surface area contributed by atoms with Gasteiger partial charge in [-0.3, -0.25) is 4.58 Å². The van der Waals surface area contributed by atoms with Crippen LogP contribution in [0.5, 0.6) is 0 Å². The summed E-state index contributed by atoms with van der Waals surface area (Å²) < 4.78 is 1.91. The van der Waals surface area contributed by atoms with Crippen molar-refractivity contribution in [2.45, 2.75) is 90.7 Å². The highest BCUT2D eigenvalue weighted by Gasteiger charge is 2.33. The fraction of sp³-hybridized carbons (Fsp3) is 0.895. The lowest BCUT2D eigenvalue weighted by Crippen LogP contribution is -2.37. The molecule has 0 aromatic carbocycles. The lowest BCUT2D eigenvalue weighted by Gasteiger charge is -2.16. The number of carboxylic acid groups (broad SMARTS) is 1. The molecule has 1 atom stereocenters. The zero-order chi connectivity index (χ0) is 17.8. The van der Waals surface area contributed by atoms with E-state index in [4.69, 9.17) is 5.11 Å². The topological polar surface area (TPSA) is 63.8 Å². The first-order chi connectivity index (χ1) is 11.6. The van der Waals surface area contributed by atoms with E-state index in [-0.39, 0.29) is 6.54 Å². The fourth-order valence-electron chi connectivity index (χ4n) is 3.48. The van der Waals surface area contributed by atoms with E-state index in [2.05, 4.69) is 6.92 Å². The molecule has 2 N–H and O–H groups in total. The van der Waals surface area contributed by atoms with Crippen molar-refractivity contribution in [3.63, 3.8) is 0 Å². The minimum atomic E-state index is -0.803. The van der Waals surface area contributed by atoms with Crippen LogP contribution in [0, 0.1) is 0 Å². The van der Waals surface area contributed by atoms with Gasteiger partial charge in [-0.2, -0.15) is 0 Å². The quantitative estimate of drug-likeness (QED) is 0.375. The number of aliphatic hydroxyl groups excluding tert-OH is 1.